The minimum absolute atomic E-state index is 0.281. The van der Waals surface area contributed by atoms with Crippen molar-refractivity contribution >= 4 is 11.6 Å². The van der Waals surface area contributed by atoms with Crippen molar-refractivity contribution in [2.45, 2.75) is 6.92 Å². The van der Waals surface area contributed by atoms with Crippen molar-refractivity contribution in [3.8, 4) is 17.5 Å². The molecule has 0 saturated heterocycles. The summed E-state index contributed by atoms with van der Waals surface area (Å²) in [6.45, 7) is 1.78. The molecule has 1 heterocycles. The van der Waals surface area contributed by atoms with Gasteiger partial charge in [0.05, 0.1) is 22.9 Å². The van der Waals surface area contributed by atoms with E-state index in [0.717, 1.165) is 5.56 Å². The van der Waals surface area contributed by atoms with Crippen LogP contribution in [0, 0.1) is 18.3 Å². The van der Waals surface area contributed by atoms with Gasteiger partial charge in [0.25, 0.3) is 5.91 Å². The highest BCUT2D eigenvalue weighted by Crippen LogP contribution is 2.17. The number of hydrogen-bond acceptors (Lipinski definition) is 4. The Bertz CT molecular complexity index is 912. The summed E-state index contributed by atoms with van der Waals surface area (Å²) < 4.78 is 0. The molecule has 1 amide bonds. The van der Waals surface area contributed by atoms with Crippen LogP contribution in [0.15, 0.2) is 60.8 Å². The predicted octanol–water partition coefficient (Wildman–Crippen LogP) is 3.58. The van der Waals surface area contributed by atoms with Crippen LogP contribution < -0.4 is 5.32 Å². The summed E-state index contributed by atoms with van der Waals surface area (Å²) in [7, 11) is 0. The predicted molar refractivity (Wildman–Crippen MR) is 91.3 cm³/mol. The summed E-state index contributed by atoms with van der Waals surface area (Å²) in [5, 5.41) is 11.6. The van der Waals surface area contributed by atoms with E-state index < -0.39 is 0 Å². The van der Waals surface area contributed by atoms with E-state index in [1.54, 1.807) is 31.2 Å². The molecule has 1 aromatic heterocycles. The molecule has 0 aliphatic rings. The van der Waals surface area contributed by atoms with Gasteiger partial charge in [0.15, 0.2) is 5.82 Å². The first kappa shape index (κ1) is 15.4. The minimum atomic E-state index is -0.281. The van der Waals surface area contributed by atoms with E-state index in [-0.39, 0.29) is 5.91 Å². The Labute approximate surface area is 139 Å². The Kier molecular flexibility index (Phi) is 4.30. The van der Waals surface area contributed by atoms with Crippen molar-refractivity contribution in [3.05, 3.63) is 77.6 Å². The van der Waals surface area contributed by atoms with Crippen LogP contribution in [-0.4, -0.2) is 15.9 Å². The lowest BCUT2D eigenvalue weighted by Gasteiger charge is -2.08. The Hall–Kier alpha value is -3.52. The second-order valence-corrected chi connectivity index (χ2v) is 5.20. The van der Waals surface area contributed by atoms with Gasteiger partial charge < -0.3 is 5.32 Å². The molecule has 0 saturated carbocycles. The molecule has 116 valence electrons. The SMILES string of the molecule is Cc1nc(-c2ccccc2)ncc1C(=O)Nc1ccc(C#N)cc1. The minimum Gasteiger partial charge on any atom is -0.322 e. The second-order valence-electron chi connectivity index (χ2n) is 5.20. The normalized spacial score (nSPS) is 10.0. The highest BCUT2D eigenvalue weighted by Gasteiger charge is 2.12. The van der Waals surface area contributed by atoms with Crippen molar-refractivity contribution in [1.82, 2.24) is 9.97 Å². The van der Waals surface area contributed by atoms with E-state index in [2.05, 4.69) is 15.3 Å². The maximum atomic E-state index is 12.4. The molecule has 5 heteroatoms. The molecular formula is C19H14N4O. The van der Waals surface area contributed by atoms with Crippen molar-refractivity contribution in [2.24, 2.45) is 0 Å². The third-order valence-corrected chi connectivity index (χ3v) is 3.53. The molecule has 0 aliphatic carbocycles. The molecule has 0 unspecified atom stereocenters. The molecule has 3 rings (SSSR count). The van der Waals surface area contributed by atoms with Crippen LogP contribution in [0.3, 0.4) is 0 Å². The number of aryl methyl sites for hydroxylation is 1. The lowest BCUT2D eigenvalue weighted by atomic mass is 10.1. The van der Waals surface area contributed by atoms with Crippen LogP contribution in [0.25, 0.3) is 11.4 Å². The summed E-state index contributed by atoms with van der Waals surface area (Å²) in [4.78, 5) is 21.1. The fraction of sp³-hybridized carbons (Fsp3) is 0.0526. The maximum Gasteiger partial charge on any atom is 0.259 e. The van der Waals surface area contributed by atoms with Gasteiger partial charge in [-0.2, -0.15) is 5.26 Å². The van der Waals surface area contributed by atoms with Gasteiger partial charge in [-0.3, -0.25) is 4.79 Å². The van der Waals surface area contributed by atoms with E-state index >= 15 is 0 Å². The molecule has 0 bridgehead atoms. The number of hydrogen-bond donors (Lipinski definition) is 1. The fourth-order valence-corrected chi connectivity index (χ4v) is 2.24. The molecule has 1 N–H and O–H groups in total. The van der Waals surface area contributed by atoms with E-state index in [9.17, 15) is 4.79 Å². The Morgan fingerprint density at radius 1 is 1.08 bits per heavy atom. The van der Waals surface area contributed by atoms with Gasteiger partial charge in [0.2, 0.25) is 0 Å². The average molecular weight is 314 g/mol. The largest absolute Gasteiger partial charge is 0.322 e. The first-order chi connectivity index (χ1) is 11.7. The number of carbonyl (C=O) groups is 1. The monoisotopic (exact) mass is 314 g/mol. The molecular weight excluding hydrogens is 300 g/mol. The lowest BCUT2D eigenvalue weighted by molar-refractivity contribution is 0.102. The zero-order chi connectivity index (χ0) is 16.9. The van der Waals surface area contributed by atoms with Gasteiger partial charge in [-0.25, -0.2) is 9.97 Å². The summed E-state index contributed by atoms with van der Waals surface area (Å²) in [5.74, 6) is 0.305. The molecule has 2 aromatic carbocycles. The molecule has 0 fully saturated rings. The first-order valence-corrected chi connectivity index (χ1v) is 7.38. The summed E-state index contributed by atoms with van der Waals surface area (Å²) >= 11 is 0. The number of nitrogens with one attached hydrogen (secondary N) is 1. The zero-order valence-electron chi connectivity index (χ0n) is 13.0. The number of carbonyl (C=O) groups excluding carboxylic acids is 1. The molecule has 0 radical (unpaired) electrons. The standard InChI is InChI=1S/C19H14N4O/c1-13-17(12-21-18(22-13)15-5-3-2-4-6-15)19(24)23-16-9-7-14(11-20)8-10-16/h2-10,12H,1H3,(H,23,24). The number of nitrogens with zero attached hydrogens (tertiary/aromatic N) is 3. The third kappa shape index (κ3) is 3.28. The van der Waals surface area contributed by atoms with E-state index in [1.165, 1.54) is 6.20 Å². The average Bonchev–Trinajstić information content (AvgIpc) is 2.63. The maximum absolute atomic E-state index is 12.4. The second kappa shape index (κ2) is 6.71. The van der Waals surface area contributed by atoms with Crippen molar-refractivity contribution in [2.75, 3.05) is 5.32 Å². The third-order valence-electron chi connectivity index (χ3n) is 3.53. The van der Waals surface area contributed by atoms with E-state index in [1.807, 2.05) is 36.4 Å². The van der Waals surface area contributed by atoms with Gasteiger partial charge in [0.1, 0.15) is 0 Å². The van der Waals surface area contributed by atoms with Crippen LogP contribution in [-0.2, 0) is 0 Å². The topological polar surface area (TPSA) is 78.7 Å². The molecule has 3 aromatic rings. The number of rotatable bonds is 3. The fourth-order valence-electron chi connectivity index (χ4n) is 2.24. The van der Waals surface area contributed by atoms with Crippen LogP contribution >= 0.6 is 0 Å². The molecule has 5 nitrogen and oxygen atoms in total. The molecule has 0 spiro atoms. The molecule has 24 heavy (non-hydrogen) atoms. The van der Waals surface area contributed by atoms with Gasteiger partial charge in [-0.15, -0.1) is 0 Å². The molecule has 0 atom stereocenters. The Morgan fingerprint density at radius 2 is 1.79 bits per heavy atom. The van der Waals surface area contributed by atoms with Gasteiger partial charge in [-0.1, -0.05) is 30.3 Å². The lowest BCUT2D eigenvalue weighted by Crippen LogP contribution is -2.15. The number of amides is 1. The van der Waals surface area contributed by atoms with Gasteiger partial charge in [-0.05, 0) is 31.2 Å². The van der Waals surface area contributed by atoms with Crippen LogP contribution in [0.2, 0.25) is 0 Å². The summed E-state index contributed by atoms with van der Waals surface area (Å²) in [5.41, 5.74) is 3.08. The highest BCUT2D eigenvalue weighted by atomic mass is 16.1. The number of benzene rings is 2. The smallest absolute Gasteiger partial charge is 0.259 e. The Balaban J connectivity index is 1.81. The number of anilines is 1. The summed E-state index contributed by atoms with van der Waals surface area (Å²) in [6, 6.07) is 18.3. The van der Waals surface area contributed by atoms with Crippen molar-refractivity contribution in [3.63, 3.8) is 0 Å². The van der Waals surface area contributed by atoms with Crippen LogP contribution in [0.1, 0.15) is 21.6 Å². The van der Waals surface area contributed by atoms with E-state index in [4.69, 9.17) is 5.26 Å². The van der Waals surface area contributed by atoms with E-state index in [0.29, 0.717) is 28.3 Å². The van der Waals surface area contributed by atoms with Gasteiger partial charge in [0, 0.05) is 17.4 Å². The van der Waals surface area contributed by atoms with Crippen LogP contribution in [0.5, 0.6) is 0 Å². The van der Waals surface area contributed by atoms with Crippen molar-refractivity contribution in [1.29, 1.82) is 5.26 Å². The highest BCUT2D eigenvalue weighted by molar-refractivity contribution is 6.04. The number of aromatic nitrogens is 2. The first-order valence-electron chi connectivity index (χ1n) is 7.38. The molecule has 0 aliphatic heterocycles. The number of nitriles is 1. The zero-order valence-corrected chi connectivity index (χ0v) is 13.0. The van der Waals surface area contributed by atoms with Crippen molar-refractivity contribution < 1.29 is 4.79 Å². The van der Waals surface area contributed by atoms with Crippen LogP contribution in [0.4, 0.5) is 5.69 Å². The Morgan fingerprint density at radius 3 is 2.42 bits per heavy atom. The summed E-state index contributed by atoms with van der Waals surface area (Å²) in [6.07, 6.45) is 1.53. The quantitative estimate of drug-likeness (QED) is 0.801. The van der Waals surface area contributed by atoms with Gasteiger partial charge >= 0.3 is 0 Å².